The van der Waals surface area contributed by atoms with Crippen LogP contribution in [0.2, 0.25) is 0 Å². The van der Waals surface area contributed by atoms with Crippen LogP contribution >= 0.6 is 0 Å². The van der Waals surface area contributed by atoms with Gasteiger partial charge in [0.25, 0.3) is 0 Å². The van der Waals surface area contributed by atoms with Gasteiger partial charge in [0, 0.05) is 25.7 Å². The van der Waals surface area contributed by atoms with Crippen LogP contribution in [-0.2, 0) is 23.5 Å². The average molecular weight is 390 g/mol. The van der Waals surface area contributed by atoms with E-state index in [0.717, 1.165) is 18.4 Å². The Morgan fingerprint density at radius 3 is 2.67 bits per heavy atom. The van der Waals surface area contributed by atoms with E-state index in [2.05, 4.69) is 0 Å². The Bertz CT molecular complexity index is 1150. The van der Waals surface area contributed by atoms with Crippen molar-refractivity contribution in [1.82, 2.24) is 8.87 Å². The molecular weight excluding hydrogens is 371 g/mol. The fourth-order valence-electron chi connectivity index (χ4n) is 3.63. The number of oxazole rings is 1. The number of rotatable bonds is 4. The molecule has 3 aromatic rings. The summed E-state index contributed by atoms with van der Waals surface area (Å²) in [5.41, 5.74) is 1.69. The predicted octanol–water partition coefficient (Wildman–Crippen LogP) is 2.67. The fourth-order valence-corrected chi connectivity index (χ4v) is 5.34. The third-order valence-corrected chi connectivity index (χ3v) is 7.03. The molecule has 1 fully saturated rings. The number of benzene rings is 2. The summed E-state index contributed by atoms with van der Waals surface area (Å²) >= 11 is 0. The molecule has 0 saturated carbocycles. The first-order chi connectivity index (χ1) is 12.9. The van der Waals surface area contributed by atoms with Crippen molar-refractivity contribution in [3.63, 3.8) is 0 Å². The van der Waals surface area contributed by atoms with Crippen LogP contribution in [0.1, 0.15) is 18.4 Å². The van der Waals surface area contributed by atoms with Crippen molar-refractivity contribution >= 4 is 21.1 Å². The van der Waals surface area contributed by atoms with Crippen molar-refractivity contribution in [2.75, 3.05) is 6.54 Å². The highest BCUT2D eigenvalue weighted by Crippen LogP contribution is 2.29. The number of nitrogens with zero attached hydrogens (tertiary/aromatic N) is 2. The Kier molecular flexibility index (Phi) is 4.39. The van der Waals surface area contributed by atoms with Gasteiger partial charge < -0.3 is 4.42 Å². The van der Waals surface area contributed by atoms with Crippen LogP contribution < -0.4 is 5.76 Å². The Balaban J connectivity index is 1.65. The molecule has 1 aliphatic heterocycles. The van der Waals surface area contributed by atoms with Crippen molar-refractivity contribution in [1.29, 1.82) is 0 Å². The van der Waals surface area contributed by atoms with Gasteiger partial charge >= 0.3 is 5.76 Å². The van der Waals surface area contributed by atoms with E-state index in [1.54, 1.807) is 25.2 Å². The number of hydrogen-bond donors (Lipinski definition) is 0. The summed E-state index contributed by atoms with van der Waals surface area (Å²) in [5.74, 6) is -0.845. The van der Waals surface area contributed by atoms with Gasteiger partial charge in [0.05, 0.1) is 10.4 Å². The second-order valence-corrected chi connectivity index (χ2v) is 8.69. The molecule has 27 heavy (non-hydrogen) atoms. The van der Waals surface area contributed by atoms with E-state index in [0.29, 0.717) is 18.5 Å². The summed E-state index contributed by atoms with van der Waals surface area (Å²) in [6.07, 6.45) is 2.05. The highest BCUT2D eigenvalue weighted by Gasteiger charge is 2.35. The van der Waals surface area contributed by atoms with Crippen molar-refractivity contribution in [3.8, 4) is 0 Å². The van der Waals surface area contributed by atoms with Crippen LogP contribution in [0.4, 0.5) is 4.39 Å². The van der Waals surface area contributed by atoms with Gasteiger partial charge in [-0.15, -0.1) is 0 Å². The normalized spacial score (nSPS) is 18.4. The molecule has 1 aliphatic rings. The lowest BCUT2D eigenvalue weighted by atomic mass is 10.0. The summed E-state index contributed by atoms with van der Waals surface area (Å²) in [5, 5.41) is 0. The molecule has 1 atom stereocenters. The minimum absolute atomic E-state index is 0.107. The van der Waals surface area contributed by atoms with Crippen LogP contribution in [-0.4, -0.2) is 29.9 Å². The molecule has 2 heterocycles. The number of sulfonamides is 1. The van der Waals surface area contributed by atoms with Crippen molar-refractivity contribution < 1.29 is 17.2 Å². The summed E-state index contributed by atoms with van der Waals surface area (Å²) < 4.78 is 47.4. The largest absolute Gasteiger partial charge is 0.419 e. The van der Waals surface area contributed by atoms with Crippen LogP contribution in [0.15, 0.2) is 56.6 Å². The minimum Gasteiger partial charge on any atom is -0.408 e. The summed E-state index contributed by atoms with van der Waals surface area (Å²) in [7, 11) is -2.15. The number of aromatic nitrogens is 1. The molecule has 0 spiro atoms. The number of hydrogen-bond acceptors (Lipinski definition) is 4. The Morgan fingerprint density at radius 2 is 1.93 bits per heavy atom. The smallest absolute Gasteiger partial charge is 0.408 e. The quantitative estimate of drug-likeness (QED) is 0.687. The van der Waals surface area contributed by atoms with Crippen LogP contribution in [0.25, 0.3) is 11.1 Å². The van der Waals surface area contributed by atoms with Gasteiger partial charge in [-0.3, -0.25) is 4.57 Å². The van der Waals surface area contributed by atoms with E-state index in [1.807, 2.05) is 0 Å². The predicted molar refractivity (Wildman–Crippen MR) is 98.5 cm³/mol. The molecule has 0 radical (unpaired) electrons. The zero-order chi connectivity index (χ0) is 19.2. The van der Waals surface area contributed by atoms with Gasteiger partial charge in [-0.05, 0) is 49.1 Å². The van der Waals surface area contributed by atoms with Gasteiger partial charge in [-0.2, -0.15) is 4.31 Å². The highest BCUT2D eigenvalue weighted by atomic mass is 32.2. The van der Waals surface area contributed by atoms with E-state index in [9.17, 15) is 17.6 Å². The van der Waals surface area contributed by atoms with E-state index >= 15 is 0 Å². The van der Waals surface area contributed by atoms with E-state index in [-0.39, 0.29) is 22.3 Å². The van der Waals surface area contributed by atoms with Crippen LogP contribution in [0, 0.1) is 5.82 Å². The average Bonchev–Trinajstić information content (AvgIpc) is 3.22. The zero-order valence-electron chi connectivity index (χ0n) is 14.8. The van der Waals surface area contributed by atoms with Crippen LogP contribution in [0.3, 0.4) is 0 Å². The van der Waals surface area contributed by atoms with Gasteiger partial charge in [-0.1, -0.05) is 12.1 Å². The first kappa shape index (κ1) is 17.9. The first-order valence-electron chi connectivity index (χ1n) is 8.72. The molecule has 6 nitrogen and oxygen atoms in total. The Morgan fingerprint density at radius 1 is 1.19 bits per heavy atom. The SMILES string of the molecule is Cn1c(=O)oc2cc(S(=O)(=O)N3CCCC3Cc3ccc(F)cc3)ccc21. The van der Waals surface area contributed by atoms with Gasteiger partial charge in [-0.25, -0.2) is 17.6 Å². The number of aryl methyl sites for hydroxylation is 1. The lowest BCUT2D eigenvalue weighted by Crippen LogP contribution is -2.36. The lowest BCUT2D eigenvalue weighted by Gasteiger charge is -2.24. The molecule has 0 bridgehead atoms. The maximum atomic E-state index is 13.2. The first-order valence-corrected chi connectivity index (χ1v) is 10.2. The van der Waals surface area contributed by atoms with Gasteiger partial charge in [0.2, 0.25) is 10.0 Å². The van der Waals surface area contributed by atoms with E-state index in [4.69, 9.17) is 4.42 Å². The standard InChI is InChI=1S/C19H19FN2O4S/c1-21-17-9-8-16(12-18(17)26-19(21)23)27(24,25)22-10-2-3-15(22)11-13-4-6-14(20)7-5-13/h4-9,12,15H,2-3,10-11H2,1H3. The molecule has 8 heteroatoms. The summed E-state index contributed by atoms with van der Waals surface area (Å²) in [4.78, 5) is 11.8. The molecule has 2 aromatic carbocycles. The molecule has 142 valence electrons. The topological polar surface area (TPSA) is 72.5 Å². The third-order valence-electron chi connectivity index (χ3n) is 5.08. The van der Waals surface area contributed by atoms with Gasteiger partial charge in [0.1, 0.15) is 5.82 Å². The molecule has 0 amide bonds. The zero-order valence-corrected chi connectivity index (χ0v) is 15.6. The number of fused-ring (bicyclic) bond motifs is 1. The third kappa shape index (κ3) is 3.19. The Hall–Kier alpha value is -2.45. The maximum absolute atomic E-state index is 13.2. The van der Waals surface area contributed by atoms with Crippen molar-refractivity contribution in [2.24, 2.45) is 7.05 Å². The van der Waals surface area contributed by atoms with Crippen LogP contribution in [0.5, 0.6) is 0 Å². The summed E-state index contributed by atoms with van der Waals surface area (Å²) in [6, 6.07) is 10.4. The van der Waals surface area contributed by atoms with E-state index < -0.39 is 15.8 Å². The molecule has 0 N–H and O–H groups in total. The minimum atomic E-state index is -3.72. The number of halogens is 1. The monoisotopic (exact) mass is 390 g/mol. The van der Waals surface area contributed by atoms with Crippen molar-refractivity contribution in [3.05, 3.63) is 64.4 Å². The maximum Gasteiger partial charge on any atom is 0.419 e. The summed E-state index contributed by atoms with van der Waals surface area (Å²) in [6.45, 7) is 0.435. The Labute approximate surface area is 155 Å². The fraction of sp³-hybridized carbons (Fsp3) is 0.316. The molecule has 0 aliphatic carbocycles. The van der Waals surface area contributed by atoms with E-state index in [1.165, 1.54) is 33.1 Å². The molecule has 1 unspecified atom stereocenters. The van der Waals surface area contributed by atoms with Gasteiger partial charge in [0.15, 0.2) is 5.58 Å². The molecule has 4 rings (SSSR count). The lowest BCUT2D eigenvalue weighted by molar-refractivity contribution is 0.385. The molecule has 1 saturated heterocycles. The highest BCUT2D eigenvalue weighted by molar-refractivity contribution is 7.89. The van der Waals surface area contributed by atoms with Crippen molar-refractivity contribution in [2.45, 2.75) is 30.2 Å². The molecular formula is C19H19FN2O4S. The molecule has 1 aromatic heterocycles. The second-order valence-electron chi connectivity index (χ2n) is 6.80. The second kappa shape index (κ2) is 6.61.